The topological polar surface area (TPSA) is 62.3 Å². The van der Waals surface area contributed by atoms with E-state index in [2.05, 4.69) is 17.2 Å². The van der Waals surface area contributed by atoms with E-state index >= 15 is 0 Å². The van der Waals surface area contributed by atoms with Crippen molar-refractivity contribution in [2.24, 2.45) is 0 Å². The van der Waals surface area contributed by atoms with Gasteiger partial charge in [0.15, 0.2) is 0 Å². The number of nitrogens with one attached hydrogen (secondary N) is 1. The summed E-state index contributed by atoms with van der Waals surface area (Å²) in [7, 11) is 0. The van der Waals surface area contributed by atoms with Crippen molar-refractivity contribution >= 4 is 28.4 Å². The molecular weight excluding hydrogens is 278 g/mol. The predicted molar refractivity (Wildman–Crippen MR) is 88.0 cm³/mol. The lowest BCUT2D eigenvalue weighted by Crippen LogP contribution is -2.49. The summed E-state index contributed by atoms with van der Waals surface area (Å²) in [6, 6.07) is 7.38. The zero-order chi connectivity index (χ0) is 16.1. The van der Waals surface area contributed by atoms with E-state index < -0.39 is 0 Å². The summed E-state index contributed by atoms with van der Waals surface area (Å²) in [5.74, 6) is -0.220. The highest BCUT2D eigenvalue weighted by Crippen LogP contribution is 2.29. The zero-order valence-corrected chi connectivity index (χ0v) is 13.2. The highest BCUT2D eigenvalue weighted by molar-refractivity contribution is 6.10. The van der Waals surface area contributed by atoms with Gasteiger partial charge < -0.3 is 0 Å². The normalized spacial score (nSPS) is 14.4. The first-order valence-electron chi connectivity index (χ1n) is 7.68. The Morgan fingerprint density at radius 3 is 2.64 bits per heavy atom. The summed E-state index contributed by atoms with van der Waals surface area (Å²) in [6.45, 7) is 6.47. The van der Waals surface area contributed by atoms with Crippen LogP contribution in [0.3, 0.4) is 0 Å². The first-order valence-corrected chi connectivity index (χ1v) is 7.68. The van der Waals surface area contributed by atoms with Crippen LogP contribution in [0.1, 0.15) is 32.9 Å². The molecule has 5 heteroatoms. The van der Waals surface area contributed by atoms with Crippen molar-refractivity contribution in [3.63, 3.8) is 0 Å². The number of hydrogen-bond donors (Lipinski definition) is 1. The van der Waals surface area contributed by atoms with Crippen LogP contribution < -0.4 is 10.2 Å². The van der Waals surface area contributed by atoms with Crippen LogP contribution in [0.25, 0.3) is 10.8 Å². The lowest BCUT2D eigenvalue weighted by atomic mass is 10.1. The van der Waals surface area contributed by atoms with Crippen molar-refractivity contribution in [2.75, 3.05) is 11.4 Å². The van der Waals surface area contributed by atoms with Gasteiger partial charge >= 0.3 is 6.03 Å². The second-order valence-electron chi connectivity index (χ2n) is 4.74. The Bertz CT molecular complexity index is 697. The maximum atomic E-state index is 12.0. The van der Waals surface area contributed by atoms with Crippen LogP contribution in [0.2, 0.25) is 0 Å². The third kappa shape index (κ3) is 2.93. The first kappa shape index (κ1) is 15.9. The standard InChI is InChI=1S/C15H15N3O2.C2H6/c1-2-12-10-4-3-5-13(11(10)6-8-16-12)18-9-7-14(19)17-15(18)20;1-2/h3-6,8H,2,7,9H2,1H3,(H,17,19,20);1-2H3. The number of benzene rings is 1. The van der Waals surface area contributed by atoms with E-state index in [4.69, 9.17) is 0 Å². The lowest BCUT2D eigenvalue weighted by molar-refractivity contribution is -0.120. The van der Waals surface area contributed by atoms with Crippen molar-refractivity contribution in [3.05, 3.63) is 36.2 Å². The number of carbonyl (C=O) groups excluding carboxylic acids is 2. The monoisotopic (exact) mass is 299 g/mol. The van der Waals surface area contributed by atoms with Crippen LogP contribution in [0.4, 0.5) is 10.5 Å². The van der Waals surface area contributed by atoms with E-state index in [0.717, 1.165) is 28.6 Å². The molecule has 0 atom stereocenters. The SMILES string of the molecule is CC.CCc1nccc2c(N3CCC(=O)NC3=O)cccc12. The van der Waals surface area contributed by atoms with E-state index in [9.17, 15) is 9.59 Å². The Labute approximate surface area is 130 Å². The molecule has 2 aromatic rings. The summed E-state index contributed by atoms with van der Waals surface area (Å²) >= 11 is 0. The quantitative estimate of drug-likeness (QED) is 0.925. The Morgan fingerprint density at radius 2 is 1.95 bits per heavy atom. The Balaban J connectivity index is 0.000000847. The van der Waals surface area contributed by atoms with Gasteiger partial charge in [0.25, 0.3) is 0 Å². The molecule has 2 heterocycles. The number of pyridine rings is 1. The van der Waals surface area contributed by atoms with Crippen LogP contribution in [0.5, 0.6) is 0 Å². The minimum absolute atomic E-state index is 0.220. The van der Waals surface area contributed by atoms with Gasteiger partial charge in [-0.1, -0.05) is 32.9 Å². The molecule has 5 nitrogen and oxygen atoms in total. The minimum Gasteiger partial charge on any atom is -0.293 e. The average molecular weight is 299 g/mol. The highest BCUT2D eigenvalue weighted by Gasteiger charge is 2.25. The number of urea groups is 1. The van der Waals surface area contributed by atoms with Gasteiger partial charge in [-0.15, -0.1) is 0 Å². The summed E-state index contributed by atoms with van der Waals surface area (Å²) in [5, 5.41) is 4.40. The van der Waals surface area contributed by atoms with Crippen LogP contribution >= 0.6 is 0 Å². The number of imide groups is 1. The van der Waals surface area contributed by atoms with Gasteiger partial charge in [0.1, 0.15) is 0 Å². The molecule has 0 bridgehead atoms. The molecule has 1 saturated heterocycles. The lowest BCUT2D eigenvalue weighted by Gasteiger charge is -2.27. The number of carbonyl (C=O) groups is 2. The largest absolute Gasteiger partial charge is 0.328 e. The minimum atomic E-state index is -0.358. The number of rotatable bonds is 2. The Kier molecular flexibility index (Phi) is 5.09. The van der Waals surface area contributed by atoms with Crippen molar-refractivity contribution in [1.82, 2.24) is 10.3 Å². The molecule has 22 heavy (non-hydrogen) atoms. The highest BCUT2D eigenvalue weighted by atomic mass is 16.2. The molecule has 1 aromatic heterocycles. The summed E-state index contributed by atoms with van der Waals surface area (Å²) < 4.78 is 0. The molecule has 116 valence electrons. The zero-order valence-electron chi connectivity index (χ0n) is 13.2. The fraction of sp³-hybridized carbons (Fsp3) is 0.353. The number of aromatic nitrogens is 1. The molecule has 0 saturated carbocycles. The smallest absolute Gasteiger partial charge is 0.293 e. The van der Waals surface area contributed by atoms with E-state index in [1.165, 1.54) is 0 Å². The Morgan fingerprint density at radius 1 is 1.18 bits per heavy atom. The number of anilines is 1. The van der Waals surface area contributed by atoms with Gasteiger partial charge in [-0.05, 0) is 18.6 Å². The molecule has 1 N–H and O–H groups in total. The van der Waals surface area contributed by atoms with E-state index in [0.29, 0.717) is 13.0 Å². The molecule has 3 amide bonds. The summed E-state index contributed by atoms with van der Waals surface area (Å²) in [4.78, 5) is 29.2. The molecule has 1 aliphatic rings. The molecular formula is C17H21N3O2. The molecule has 3 rings (SSSR count). The van der Waals surface area contributed by atoms with Gasteiger partial charge in [0, 0.05) is 35.6 Å². The van der Waals surface area contributed by atoms with Crippen LogP contribution in [0, 0.1) is 0 Å². The average Bonchev–Trinajstić information content (AvgIpc) is 2.56. The molecule has 1 aliphatic heterocycles. The molecule has 0 unspecified atom stereocenters. The van der Waals surface area contributed by atoms with E-state index in [1.807, 2.05) is 38.1 Å². The number of hydrogen-bond acceptors (Lipinski definition) is 3. The third-order valence-corrected chi connectivity index (χ3v) is 3.55. The van der Waals surface area contributed by atoms with Crippen LogP contribution in [0.15, 0.2) is 30.5 Å². The second-order valence-corrected chi connectivity index (χ2v) is 4.74. The third-order valence-electron chi connectivity index (χ3n) is 3.55. The van der Waals surface area contributed by atoms with Gasteiger partial charge in [-0.25, -0.2) is 4.79 Å². The fourth-order valence-electron chi connectivity index (χ4n) is 2.56. The fourth-order valence-corrected chi connectivity index (χ4v) is 2.56. The van der Waals surface area contributed by atoms with Crippen molar-refractivity contribution in [1.29, 1.82) is 0 Å². The maximum absolute atomic E-state index is 12.0. The van der Waals surface area contributed by atoms with Gasteiger partial charge in [0.05, 0.1) is 5.69 Å². The van der Waals surface area contributed by atoms with Gasteiger partial charge in [-0.2, -0.15) is 0 Å². The first-order chi connectivity index (χ1) is 10.7. The summed E-state index contributed by atoms with van der Waals surface area (Å²) in [5.41, 5.74) is 1.84. The number of aryl methyl sites for hydroxylation is 1. The molecule has 0 spiro atoms. The van der Waals surface area contributed by atoms with Crippen LogP contribution in [-0.4, -0.2) is 23.5 Å². The van der Waals surface area contributed by atoms with Crippen molar-refractivity contribution in [3.8, 4) is 0 Å². The van der Waals surface area contributed by atoms with Gasteiger partial charge in [-0.3, -0.25) is 20.0 Å². The molecule has 0 radical (unpaired) electrons. The second kappa shape index (κ2) is 7.02. The number of nitrogens with zero attached hydrogens (tertiary/aromatic N) is 2. The van der Waals surface area contributed by atoms with Crippen molar-refractivity contribution < 1.29 is 9.59 Å². The summed E-state index contributed by atoms with van der Waals surface area (Å²) in [6.07, 6.45) is 2.93. The number of fused-ring (bicyclic) bond motifs is 1. The molecule has 1 aromatic carbocycles. The number of amides is 3. The van der Waals surface area contributed by atoms with Crippen molar-refractivity contribution in [2.45, 2.75) is 33.6 Å². The van der Waals surface area contributed by atoms with E-state index in [-0.39, 0.29) is 11.9 Å². The van der Waals surface area contributed by atoms with Gasteiger partial charge in [0.2, 0.25) is 5.91 Å². The predicted octanol–water partition coefficient (Wildman–Crippen LogP) is 3.27. The Hall–Kier alpha value is -2.43. The van der Waals surface area contributed by atoms with E-state index in [1.54, 1.807) is 11.1 Å². The van der Waals surface area contributed by atoms with Crippen LogP contribution in [-0.2, 0) is 11.2 Å². The maximum Gasteiger partial charge on any atom is 0.328 e. The molecule has 1 fully saturated rings. The molecule has 0 aliphatic carbocycles.